The number of anilines is 1. The van der Waals surface area contributed by atoms with Gasteiger partial charge in [-0.1, -0.05) is 35.3 Å². The smallest absolute Gasteiger partial charge is 0.306 e. The molecule has 0 saturated heterocycles. The van der Waals surface area contributed by atoms with Gasteiger partial charge in [-0.3, -0.25) is 14.2 Å². The van der Waals surface area contributed by atoms with Gasteiger partial charge in [0.2, 0.25) is 5.91 Å². The Hall–Kier alpha value is -2.59. The maximum atomic E-state index is 13.0. The minimum absolute atomic E-state index is 0.00192. The number of nitrogens with zero attached hydrogens (tertiary/aromatic N) is 4. The largest absolute Gasteiger partial charge is 0.436 e. The van der Waals surface area contributed by atoms with Crippen LogP contribution in [0.3, 0.4) is 0 Å². The molecular weight excluding hydrogens is 437 g/mol. The lowest BCUT2D eigenvalue weighted by molar-refractivity contribution is -0.141. The molecule has 2 heterocycles. The number of hydrogen-bond acceptors (Lipinski definition) is 3. The Morgan fingerprint density at radius 3 is 2.41 bits per heavy atom. The van der Waals surface area contributed by atoms with Gasteiger partial charge in [0.05, 0.1) is 17.3 Å². The van der Waals surface area contributed by atoms with Crippen LogP contribution in [-0.2, 0) is 24.1 Å². The molecule has 3 rings (SSSR count). The van der Waals surface area contributed by atoms with Crippen molar-refractivity contribution in [3.8, 4) is 0 Å². The molecule has 0 bridgehead atoms. The molecular formula is C17H13Cl2F4N5O. The summed E-state index contributed by atoms with van der Waals surface area (Å²) in [5.74, 6) is -1.02. The van der Waals surface area contributed by atoms with Crippen molar-refractivity contribution in [2.75, 3.05) is 5.32 Å². The summed E-state index contributed by atoms with van der Waals surface area (Å²) in [4.78, 5) is 12.2. The maximum absolute atomic E-state index is 13.0. The Morgan fingerprint density at radius 1 is 1.17 bits per heavy atom. The van der Waals surface area contributed by atoms with Crippen molar-refractivity contribution in [2.45, 2.75) is 26.2 Å². The average molecular weight is 450 g/mol. The second-order valence-electron chi connectivity index (χ2n) is 6.10. The molecule has 6 nitrogen and oxygen atoms in total. The van der Waals surface area contributed by atoms with Crippen molar-refractivity contribution in [1.82, 2.24) is 19.6 Å². The lowest BCUT2D eigenvalue weighted by atomic mass is 10.2. The van der Waals surface area contributed by atoms with Gasteiger partial charge in [0.25, 0.3) is 0 Å². The Kier molecular flexibility index (Phi) is 5.85. The van der Waals surface area contributed by atoms with E-state index in [9.17, 15) is 22.4 Å². The summed E-state index contributed by atoms with van der Waals surface area (Å²) >= 11 is 11.7. The van der Waals surface area contributed by atoms with E-state index in [1.807, 2.05) is 0 Å². The first-order chi connectivity index (χ1) is 13.5. The Labute approximate surface area is 172 Å². The molecule has 0 spiro atoms. The van der Waals surface area contributed by atoms with Crippen molar-refractivity contribution in [3.63, 3.8) is 0 Å². The summed E-state index contributed by atoms with van der Waals surface area (Å²) in [5.41, 5.74) is -0.502. The predicted molar refractivity (Wildman–Crippen MR) is 98.3 cm³/mol. The fourth-order valence-electron chi connectivity index (χ4n) is 2.51. The molecule has 1 amide bonds. The Morgan fingerprint density at radius 2 is 1.83 bits per heavy atom. The van der Waals surface area contributed by atoms with Crippen LogP contribution in [-0.4, -0.2) is 25.5 Å². The first-order valence-electron chi connectivity index (χ1n) is 8.12. The number of amides is 1. The summed E-state index contributed by atoms with van der Waals surface area (Å²) in [6, 6.07) is 5.75. The van der Waals surface area contributed by atoms with Crippen molar-refractivity contribution < 1.29 is 22.4 Å². The average Bonchev–Trinajstić information content (AvgIpc) is 3.10. The highest BCUT2D eigenvalue weighted by atomic mass is 35.5. The second-order valence-corrected chi connectivity index (χ2v) is 6.89. The van der Waals surface area contributed by atoms with Gasteiger partial charge < -0.3 is 5.32 Å². The van der Waals surface area contributed by atoms with Crippen LogP contribution in [0, 0.1) is 12.7 Å². The highest BCUT2D eigenvalue weighted by molar-refractivity contribution is 6.33. The van der Waals surface area contributed by atoms with Gasteiger partial charge in [0.1, 0.15) is 17.4 Å². The molecule has 0 unspecified atom stereocenters. The number of carbonyl (C=O) groups is 1. The van der Waals surface area contributed by atoms with E-state index in [2.05, 4.69) is 15.5 Å². The first-order valence-corrected chi connectivity index (χ1v) is 8.87. The van der Waals surface area contributed by atoms with E-state index in [1.54, 1.807) is 12.1 Å². The first kappa shape index (κ1) is 21.1. The van der Waals surface area contributed by atoms with E-state index in [-0.39, 0.29) is 28.9 Å². The van der Waals surface area contributed by atoms with Crippen LogP contribution >= 0.6 is 23.2 Å². The molecule has 0 atom stereocenters. The van der Waals surface area contributed by atoms with Crippen molar-refractivity contribution >= 4 is 34.9 Å². The normalized spacial score (nSPS) is 11.7. The van der Waals surface area contributed by atoms with E-state index < -0.39 is 29.3 Å². The molecule has 1 aromatic carbocycles. The third-order valence-electron chi connectivity index (χ3n) is 3.93. The van der Waals surface area contributed by atoms with Gasteiger partial charge in [-0.2, -0.15) is 23.4 Å². The number of halogens is 6. The van der Waals surface area contributed by atoms with Gasteiger partial charge in [-0.25, -0.2) is 4.39 Å². The van der Waals surface area contributed by atoms with Gasteiger partial charge in [0, 0.05) is 6.20 Å². The molecule has 3 aromatic rings. The van der Waals surface area contributed by atoms with Crippen molar-refractivity contribution in [1.29, 1.82) is 0 Å². The number of aromatic nitrogens is 4. The molecule has 12 heteroatoms. The third-order valence-corrected chi connectivity index (χ3v) is 4.66. The molecule has 0 radical (unpaired) electrons. The third kappa shape index (κ3) is 4.88. The van der Waals surface area contributed by atoms with Gasteiger partial charge >= 0.3 is 6.18 Å². The zero-order valence-electron chi connectivity index (χ0n) is 14.8. The van der Waals surface area contributed by atoms with Crippen LogP contribution in [0.5, 0.6) is 0 Å². The van der Waals surface area contributed by atoms with Crippen LogP contribution in [0.2, 0.25) is 10.0 Å². The summed E-state index contributed by atoms with van der Waals surface area (Å²) in [6.07, 6.45) is -3.27. The van der Waals surface area contributed by atoms with E-state index in [4.69, 9.17) is 23.2 Å². The summed E-state index contributed by atoms with van der Waals surface area (Å²) in [6.45, 7) is 1.09. The van der Waals surface area contributed by atoms with E-state index in [1.165, 1.54) is 29.9 Å². The maximum Gasteiger partial charge on any atom is 0.436 e. The van der Waals surface area contributed by atoms with Gasteiger partial charge in [-0.05, 0) is 24.6 Å². The van der Waals surface area contributed by atoms with Crippen LogP contribution < -0.4 is 5.32 Å². The minimum Gasteiger partial charge on any atom is -0.306 e. The Balaban J connectivity index is 1.70. The van der Waals surface area contributed by atoms with Crippen LogP contribution in [0.1, 0.15) is 17.0 Å². The van der Waals surface area contributed by atoms with Gasteiger partial charge in [-0.15, -0.1) is 0 Å². The summed E-state index contributed by atoms with van der Waals surface area (Å²) in [7, 11) is 0. The predicted octanol–water partition coefficient (Wildman–Crippen LogP) is 4.54. The lowest BCUT2D eigenvalue weighted by Gasteiger charge is -2.05. The summed E-state index contributed by atoms with van der Waals surface area (Å²) < 4.78 is 53.9. The zero-order chi connectivity index (χ0) is 21.3. The number of benzene rings is 1. The monoisotopic (exact) mass is 449 g/mol. The highest BCUT2D eigenvalue weighted by Crippen LogP contribution is 2.35. The van der Waals surface area contributed by atoms with Crippen LogP contribution in [0.25, 0.3) is 0 Å². The fourth-order valence-corrected chi connectivity index (χ4v) is 2.95. The standard InChI is InChI=1S/C17H13Cl2F4N5O/c1-9-14(19)15(17(21,22)23)25-28(9)8-13(29)24-16-12(18)7-27(26-16)6-10-2-4-11(20)5-3-10/h2-5,7H,6,8H2,1H3,(H,24,26,29). The van der Waals surface area contributed by atoms with E-state index >= 15 is 0 Å². The lowest BCUT2D eigenvalue weighted by Crippen LogP contribution is -2.21. The molecule has 1 N–H and O–H groups in total. The number of carbonyl (C=O) groups excluding carboxylic acids is 1. The molecule has 0 fully saturated rings. The van der Waals surface area contributed by atoms with E-state index in [0.717, 1.165) is 10.2 Å². The zero-order valence-corrected chi connectivity index (χ0v) is 16.3. The molecule has 29 heavy (non-hydrogen) atoms. The number of alkyl halides is 3. The topological polar surface area (TPSA) is 64.7 Å². The molecule has 2 aromatic heterocycles. The molecule has 154 valence electrons. The minimum atomic E-state index is -4.73. The highest BCUT2D eigenvalue weighted by Gasteiger charge is 2.38. The fraction of sp³-hybridized carbons (Fsp3) is 0.235. The molecule has 0 aliphatic heterocycles. The Bertz CT molecular complexity index is 1040. The van der Waals surface area contributed by atoms with Gasteiger partial charge in [0.15, 0.2) is 11.5 Å². The van der Waals surface area contributed by atoms with Crippen LogP contribution in [0.4, 0.5) is 23.4 Å². The molecule has 0 saturated carbocycles. The van der Waals surface area contributed by atoms with Crippen molar-refractivity contribution in [2.24, 2.45) is 0 Å². The van der Waals surface area contributed by atoms with Crippen LogP contribution in [0.15, 0.2) is 30.5 Å². The molecule has 0 aliphatic carbocycles. The number of nitrogens with one attached hydrogen (secondary N) is 1. The second kappa shape index (κ2) is 8.03. The number of rotatable bonds is 5. The molecule has 0 aliphatic rings. The van der Waals surface area contributed by atoms with E-state index in [0.29, 0.717) is 0 Å². The number of hydrogen-bond donors (Lipinski definition) is 1. The SMILES string of the molecule is Cc1c(Cl)c(C(F)(F)F)nn1CC(=O)Nc1nn(Cc2ccc(F)cc2)cc1Cl. The quantitative estimate of drug-likeness (QED) is 0.581. The van der Waals surface area contributed by atoms with Crippen molar-refractivity contribution in [3.05, 3.63) is 63.3 Å². The summed E-state index contributed by atoms with van der Waals surface area (Å²) in [5, 5.41) is 9.47.